The van der Waals surface area contributed by atoms with Gasteiger partial charge in [-0.05, 0) is 66.4 Å². The molecule has 0 amide bonds. The summed E-state index contributed by atoms with van der Waals surface area (Å²) in [6, 6.07) is 16.6. The topological polar surface area (TPSA) is 53.1 Å². The van der Waals surface area contributed by atoms with E-state index in [4.69, 9.17) is 9.88 Å². The lowest BCUT2D eigenvalue weighted by atomic mass is 10.1. The van der Waals surface area contributed by atoms with E-state index in [1.807, 2.05) is 12.3 Å². The Hall–Kier alpha value is -2.50. The second-order valence-electron chi connectivity index (χ2n) is 6.06. The first kappa shape index (κ1) is 16.0. The molecular formula is C20H19N3OS. The summed E-state index contributed by atoms with van der Waals surface area (Å²) in [7, 11) is 1.70. The Kier molecular flexibility index (Phi) is 4.11. The van der Waals surface area contributed by atoms with Gasteiger partial charge in [-0.25, -0.2) is 0 Å². The van der Waals surface area contributed by atoms with Crippen molar-refractivity contribution < 1.29 is 4.74 Å². The maximum absolute atomic E-state index is 5.62. The summed E-state index contributed by atoms with van der Waals surface area (Å²) in [5.74, 6) is 0.860. The van der Waals surface area contributed by atoms with E-state index in [9.17, 15) is 0 Å². The quantitative estimate of drug-likeness (QED) is 0.550. The molecule has 4 aromatic rings. The molecular weight excluding hydrogens is 330 g/mol. The van der Waals surface area contributed by atoms with Crippen LogP contribution in [-0.4, -0.2) is 16.7 Å². The first-order valence-corrected chi connectivity index (χ1v) is 8.96. The van der Waals surface area contributed by atoms with Crippen LogP contribution in [0.1, 0.15) is 11.1 Å². The molecule has 0 saturated carbocycles. The number of hydrogen-bond donors (Lipinski definition) is 1. The van der Waals surface area contributed by atoms with E-state index in [-0.39, 0.29) is 0 Å². The lowest BCUT2D eigenvalue weighted by Gasteiger charge is -2.10. The first-order chi connectivity index (χ1) is 12.2. The van der Waals surface area contributed by atoms with Crippen molar-refractivity contribution in [2.45, 2.75) is 18.4 Å². The number of nitrogens with two attached hydrogens (primary N) is 1. The van der Waals surface area contributed by atoms with Gasteiger partial charge in [0.1, 0.15) is 5.75 Å². The summed E-state index contributed by atoms with van der Waals surface area (Å²) in [5, 5.41) is 6.75. The fraction of sp³-hybridized carbons (Fsp3) is 0.150. The number of ether oxygens (including phenoxy) is 1. The van der Waals surface area contributed by atoms with Crippen molar-refractivity contribution >= 4 is 33.9 Å². The summed E-state index contributed by atoms with van der Waals surface area (Å²) >= 11 is 1.27. The minimum atomic E-state index is 0.786. The summed E-state index contributed by atoms with van der Waals surface area (Å²) in [5.41, 5.74) is 5.75. The molecule has 0 bridgehead atoms. The second kappa shape index (κ2) is 6.43. The molecule has 0 atom stereocenters. The van der Waals surface area contributed by atoms with Crippen LogP contribution in [0.4, 0.5) is 0 Å². The molecule has 4 nitrogen and oxygen atoms in total. The fourth-order valence-electron chi connectivity index (χ4n) is 3.37. The maximum Gasteiger partial charge on any atom is 0.119 e. The van der Waals surface area contributed by atoms with Crippen molar-refractivity contribution in [3.05, 3.63) is 65.9 Å². The first-order valence-electron chi connectivity index (χ1n) is 8.08. The van der Waals surface area contributed by atoms with E-state index in [0.717, 1.165) is 33.6 Å². The molecule has 126 valence electrons. The second-order valence-corrected chi connectivity index (χ2v) is 6.77. The van der Waals surface area contributed by atoms with Gasteiger partial charge in [0.05, 0.1) is 23.7 Å². The molecule has 0 aliphatic rings. The minimum absolute atomic E-state index is 0.786. The largest absolute Gasteiger partial charge is 0.497 e. The Morgan fingerprint density at radius 1 is 1.16 bits per heavy atom. The van der Waals surface area contributed by atoms with Crippen molar-refractivity contribution in [2.24, 2.45) is 5.14 Å². The number of pyridine rings is 1. The number of methoxy groups -OCH3 is 1. The van der Waals surface area contributed by atoms with Gasteiger partial charge in [-0.3, -0.25) is 10.1 Å². The summed E-state index contributed by atoms with van der Waals surface area (Å²) in [4.78, 5) is 5.68. The van der Waals surface area contributed by atoms with E-state index < -0.39 is 0 Å². The van der Waals surface area contributed by atoms with E-state index in [2.05, 4.69) is 58.9 Å². The van der Waals surface area contributed by atoms with E-state index in [1.165, 1.54) is 28.6 Å². The van der Waals surface area contributed by atoms with E-state index >= 15 is 0 Å². The third-order valence-corrected chi connectivity index (χ3v) is 5.06. The maximum atomic E-state index is 5.62. The molecule has 4 rings (SSSR count). The van der Waals surface area contributed by atoms with Crippen LogP contribution in [0.25, 0.3) is 21.9 Å². The highest BCUT2D eigenvalue weighted by molar-refractivity contribution is 7.97. The monoisotopic (exact) mass is 349 g/mol. The van der Waals surface area contributed by atoms with Gasteiger partial charge in [0.15, 0.2) is 0 Å². The zero-order valence-electron chi connectivity index (χ0n) is 14.2. The van der Waals surface area contributed by atoms with Gasteiger partial charge >= 0.3 is 0 Å². The van der Waals surface area contributed by atoms with Gasteiger partial charge in [-0.15, -0.1) is 0 Å². The number of rotatable bonds is 4. The van der Waals surface area contributed by atoms with Gasteiger partial charge in [0, 0.05) is 23.0 Å². The Balaban J connectivity index is 1.94. The molecule has 2 N–H and O–H groups in total. The number of nitrogens with zero attached hydrogens (tertiary/aromatic N) is 2. The zero-order valence-corrected chi connectivity index (χ0v) is 15.0. The van der Waals surface area contributed by atoms with Gasteiger partial charge in [-0.2, -0.15) is 0 Å². The molecule has 0 spiro atoms. The van der Waals surface area contributed by atoms with Crippen LogP contribution < -0.4 is 9.88 Å². The normalized spacial score (nSPS) is 11.3. The molecule has 0 saturated heterocycles. The molecule has 0 aliphatic heterocycles. The van der Waals surface area contributed by atoms with E-state index in [1.54, 1.807) is 7.11 Å². The fourth-order valence-corrected chi connectivity index (χ4v) is 3.66. The van der Waals surface area contributed by atoms with Crippen LogP contribution in [0.15, 0.2) is 59.6 Å². The summed E-state index contributed by atoms with van der Waals surface area (Å²) < 4.78 is 7.78. The van der Waals surface area contributed by atoms with Crippen LogP contribution in [0.2, 0.25) is 0 Å². The van der Waals surface area contributed by atoms with Crippen molar-refractivity contribution in [1.82, 2.24) is 9.55 Å². The van der Waals surface area contributed by atoms with Crippen molar-refractivity contribution in [1.29, 1.82) is 0 Å². The Morgan fingerprint density at radius 3 is 2.68 bits per heavy atom. The van der Waals surface area contributed by atoms with Crippen molar-refractivity contribution in [3.63, 3.8) is 0 Å². The van der Waals surface area contributed by atoms with E-state index in [0.29, 0.717) is 0 Å². The van der Waals surface area contributed by atoms with Crippen LogP contribution in [0.5, 0.6) is 5.75 Å². The molecule has 2 aromatic carbocycles. The molecule has 5 heteroatoms. The van der Waals surface area contributed by atoms with Crippen molar-refractivity contribution in [2.75, 3.05) is 7.11 Å². The predicted molar refractivity (Wildman–Crippen MR) is 104 cm³/mol. The molecule has 0 unspecified atom stereocenters. The lowest BCUT2D eigenvalue weighted by Crippen LogP contribution is -2.00. The van der Waals surface area contributed by atoms with Crippen LogP contribution >= 0.6 is 11.9 Å². The highest BCUT2D eigenvalue weighted by Gasteiger charge is 2.15. The number of fused-ring (bicyclic) bond motifs is 3. The van der Waals surface area contributed by atoms with Gasteiger partial charge in [0.25, 0.3) is 0 Å². The number of hydrogen-bond acceptors (Lipinski definition) is 4. The minimum Gasteiger partial charge on any atom is -0.497 e. The summed E-state index contributed by atoms with van der Waals surface area (Å²) in [6.45, 7) is 2.91. The zero-order chi connectivity index (χ0) is 17.4. The average molecular weight is 349 g/mol. The number of aromatic nitrogens is 2. The van der Waals surface area contributed by atoms with Crippen LogP contribution in [-0.2, 0) is 6.54 Å². The third kappa shape index (κ3) is 2.75. The smallest absolute Gasteiger partial charge is 0.119 e. The van der Waals surface area contributed by atoms with Crippen molar-refractivity contribution in [3.8, 4) is 5.75 Å². The third-order valence-electron chi connectivity index (χ3n) is 4.51. The molecule has 0 radical (unpaired) electrons. The summed E-state index contributed by atoms with van der Waals surface area (Å²) in [6.07, 6.45) is 1.84. The Labute approximate surface area is 150 Å². The molecule has 0 aliphatic carbocycles. The highest BCUT2D eigenvalue weighted by atomic mass is 32.2. The molecule has 2 heterocycles. The van der Waals surface area contributed by atoms with Gasteiger partial charge in [0.2, 0.25) is 0 Å². The Morgan fingerprint density at radius 2 is 1.96 bits per heavy atom. The SMILES string of the molecule is COc1cc(C)c2c(c1)c1ncccc1n2Cc1ccc(SN)cc1. The van der Waals surface area contributed by atoms with Crippen LogP contribution in [0.3, 0.4) is 0 Å². The van der Waals surface area contributed by atoms with Gasteiger partial charge in [-0.1, -0.05) is 12.1 Å². The standard InChI is InChI=1S/C20H19N3OS/c1-13-10-15(24-2)11-17-19-18(4-3-9-22-19)23(20(13)17)12-14-5-7-16(25-21)8-6-14/h3-11H,12,21H2,1-2H3. The molecule has 0 fully saturated rings. The van der Waals surface area contributed by atoms with Crippen LogP contribution in [0, 0.1) is 6.92 Å². The lowest BCUT2D eigenvalue weighted by molar-refractivity contribution is 0.415. The predicted octanol–water partition coefficient (Wildman–Crippen LogP) is 4.52. The highest BCUT2D eigenvalue weighted by Crippen LogP contribution is 2.33. The van der Waals surface area contributed by atoms with Gasteiger partial charge < -0.3 is 9.30 Å². The number of benzene rings is 2. The molecule has 2 aromatic heterocycles. The number of aryl methyl sites for hydroxylation is 1. The molecule has 25 heavy (non-hydrogen) atoms. The average Bonchev–Trinajstić information content (AvgIpc) is 2.97. The Bertz CT molecular complexity index is 1050.